The van der Waals surface area contributed by atoms with Crippen molar-refractivity contribution in [2.75, 3.05) is 5.32 Å². The molecule has 0 aliphatic rings. The minimum Gasteiger partial charge on any atom is -0.478 e. The number of para-hydroxylation sites is 1. The zero-order valence-corrected chi connectivity index (χ0v) is 13.1. The molecule has 0 aromatic heterocycles. The maximum Gasteiger partial charge on any atom is 0.416 e. The minimum atomic E-state index is -4.42. The number of carboxylic acids is 1. The molecule has 2 rings (SSSR count). The van der Waals surface area contributed by atoms with Gasteiger partial charge in [0.15, 0.2) is 0 Å². The number of carbonyl (C=O) groups excluding carboxylic acids is 1. The number of rotatable bonds is 4. The first-order chi connectivity index (χ1) is 11.7. The van der Waals surface area contributed by atoms with Crippen LogP contribution in [0.5, 0.6) is 0 Å². The van der Waals surface area contributed by atoms with Crippen molar-refractivity contribution in [3.63, 3.8) is 0 Å². The van der Waals surface area contributed by atoms with Crippen molar-refractivity contribution in [3.8, 4) is 0 Å². The summed E-state index contributed by atoms with van der Waals surface area (Å²) in [6.07, 6.45) is -3.01. The molecule has 1 amide bonds. The third kappa shape index (κ3) is 4.69. The lowest BCUT2D eigenvalue weighted by Crippen LogP contribution is -2.15. The Hall–Kier alpha value is -3.09. The summed E-state index contributed by atoms with van der Waals surface area (Å²) in [5, 5.41) is 11.6. The molecule has 0 heterocycles. The fraction of sp³-hybridized carbons (Fsp3) is 0.111. The first-order valence-electron chi connectivity index (χ1n) is 7.17. The van der Waals surface area contributed by atoms with Gasteiger partial charge in [-0.15, -0.1) is 0 Å². The Morgan fingerprint density at radius 1 is 1.04 bits per heavy atom. The average molecular weight is 349 g/mol. The summed E-state index contributed by atoms with van der Waals surface area (Å²) < 4.78 is 37.6. The monoisotopic (exact) mass is 349 g/mol. The molecule has 25 heavy (non-hydrogen) atoms. The van der Waals surface area contributed by atoms with Gasteiger partial charge in [-0.3, -0.25) is 4.79 Å². The van der Waals surface area contributed by atoms with Crippen molar-refractivity contribution >= 4 is 23.6 Å². The summed E-state index contributed by atoms with van der Waals surface area (Å²) in [5.41, 5.74) is -0.0485. The molecule has 0 saturated carbocycles. The van der Waals surface area contributed by atoms with E-state index in [0.717, 1.165) is 12.1 Å². The molecule has 2 aromatic carbocycles. The lowest BCUT2D eigenvalue weighted by atomic mass is 10.1. The highest BCUT2D eigenvalue weighted by Gasteiger charge is 2.29. The van der Waals surface area contributed by atoms with Gasteiger partial charge in [0, 0.05) is 5.57 Å². The van der Waals surface area contributed by atoms with Crippen LogP contribution in [0.1, 0.15) is 28.4 Å². The van der Waals surface area contributed by atoms with E-state index in [-0.39, 0.29) is 16.8 Å². The second-order valence-electron chi connectivity index (χ2n) is 5.25. The molecule has 7 heteroatoms. The Balaban J connectivity index is 2.17. The normalized spacial score (nSPS) is 11.9. The molecule has 0 saturated heterocycles. The third-order valence-corrected chi connectivity index (χ3v) is 3.39. The summed E-state index contributed by atoms with van der Waals surface area (Å²) in [5.74, 6) is -1.73. The van der Waals surface area contributed by atoms with Crippen molar-refractivity contribution in [1.29, 1.82) is 0 Å². The fourth-order valence-corrected chi connectivity index (χ4v) is 2.08. The highest BCUT2D eigenvalue weighted by atomic mass is 19.4. The smallest absolute Gasteiger partial charge is 0.416 e. The maximum absolute atomic E-state index is 12.5. The predicted octanol–water partition coefficient (Wildman–Crippen LogP) is 4.45. The molecule has 0 unspecified atom stereocenters. The van der Waals surface area contributed by atoms with E-state index in [1.807, 2.05) is 0 Å². The number of hydrogen-bond donors (Lipinski definition) is 2. The van der Waals surface area contributed by atoms with Crippen molar-refractivity contribution in [2.45, 2.75) is 13.1 Å². The molecule has 0 fully saturated rings. The average Bonchev–Trinajstić information content (AvgIpc) is 2.54. The SMILES string of the molecule is C/C(=C\c1ccc(C(F)(F)F)cc1)C(=O)Nc1ccccc1C(=O)O. The number of halogens is 3. The first kappa shape index (κ1) is 18.3. The van der Waals surface area contributed by atoms with Gasteiger partial charge < -0.3 is 10.4 Å². The number of anilines is 1. The molecule has 130 valence electrons. The molecular weight excluding hydrogens is 335 g/mol. The fourth-order valence-electron chi connectivity index (χ4n) is 2.08. The van der Waals surface area contributed by atoms with E-state index >= 15 is 0 Å². The highest BCUT2D eigenvalue weighted by molar-refractivity contribution is 6.09. The number of hydrogen-bond acceptors (Lipinski definition) is 2. The highest BCUT2D eigenvalue weighted by Crippen LogP contribution is 2.29. The number of aromatic carboxylic acids is 1. The lowest BCUT2D eigenvalue weighted by Gasteiger charge is -2.09. The summed E-state index contributed by atoms with van der Waals surface area (Å²) in [6.45, 7) is 1.48. The van der Waals surface area contributed by atoms with Crippen molar-refractivity contribution in [1.82, 2.24) is 0 Å². The topological polar surface area (TPSA) is 66.4 Å². The molecule has 0 radical (unpaired) electrons. The molecule has 2 N–H and O–H groups in total. The van der Waals surface area contributed by atoms with Gasteiger partial charge in [0.2, 0.25) is 0 Å². The van der Waals surface area contributed by atoms with Crippen molar-refractivity contribution in [2.24, 2.45) is 0 Å². The van der Waals surface area contributed by atoms with Crippen LogP contribution in [0.25, 0.3) is 6.08 Å². The molecule has 0 aliphatic heterocycles. The number of alkyl halides is 3. The third-order valence-electron chi connectivity index (χ3n) is 3.39. The Morgan fingerprint density at radius 3 is 2.20 bits per heavy atom. The van der Waals surface area contributed by atoms with E-state index < -0.39 is 23.6 Å². The van der Waals surface area contributed by atoms with Gasteiger partial charge in [-0.25, -0.2) is 4.79 Å². The Morgan fingerprint density at radius 2 is 1.64 bits per heavy atom. The van der Waals surface area contributed by atoms with Crippen LogP contribution in [0.4, 0.5) is 18.9 Å². The van der Waals surface area contributed by atoms with E-state index in [9.17, 15) is 22.8 Å². The molecule has 0 bridgehead atoms. The first-order valence-corrected chi connectivity index (χ1v) is 7.17. The van der Waals surface area contributed by atoms with Crippen LogP contribution in [0.15, 0.2) is 54.1 Å². The number of amides is 1. The van der Waals surface area contributed by atoms with Crippen LogP contribution in [0, 0.1) is 0 Å². The van der Waals surface area contributed by atoms with E-state index in [2.05, 4.69) is 5.32 Å². The van der Waals surface area contributed by atoms with Crippen molar-refractivity contribution < 1.29 is 27.9 Å². The predicted molar refractivity (Wildman–Crippen MR) is 87.1 cm³/mol. The van der Waals surface area contributed by atoms with E-state index in [4.69, 9.17) is 5.11 Å². The van der Waals surface area contributed by atoms with Gasteiger partial charge in [0.25, 0.3) is 5.91 Å². The number of carbonyl (C=O) groups is 2. The minimum absolute atomic E-state index is 0.0572. The standard InChI is InChI=1S/C18H14F3NO3/c1-11(10-12-6-8-13(9-7-12)18(19,20)21)16(23)22-15-5-3-2-4-14(15)17(24)25/h2-10H,1H3,(H,22,23)(H,24,25)/b11-10+. The summed E-state index contributed by atoms with van der Waals surface area (Å²) in [7, 11) is 0. The number of carboxylic acid groups (broad SMARTS) is 1. The Labute approximate surface area is 141 Å². The number of nitrogens with one attached hydrogen (secondary N) is 1. The molecule has 0 aliphatic carbocycles. The van der Waals surface area contributed by atoms with Gasteiger partial charge in [-0.2, -0.15) is 13.2 Å². The maximum atomic E-state index is 12.5. The van der Waals surface area contributed by atoms with Gasteiger partial charge in [-0.05, 0) is 42.8 Å². The second-order valence-corrected chi connectivity index (χ2v) is 5.25. The molecule has 0 spiro atoms. The van der Waals surface area contributed by atoms with Gasteiger partial charge in [-0.1, -0.05) is 24.3 Å². The van der Waals surface area contributed by atoms with E-state index in [1.54, 1.807) is 6.07 Å². The van der Waals surface area contributed by atoms with Crippen LogP contribution in [-0.4, -0.2) is 17.0 Å². The van der Waals surface area contributed by atoms with E-state index in [0.29, 0.717) is 5.56 Å². The van der Waals surface area contributed by atoms with Crippen LogP contribution < -0.4 is 5.32 Å². The summed E-state index contributed by atoms with van der Waals surface area (Å²) in [6, 6.07) is 10.3. The lowest BCUT2D eigenvalue weighted by molar-refractivity contribution is -0.137. The van der Waals surface area contributed by atoms with E-state index in [1.165, 1.54) is 43.3 Å². The summed E-state index contributed by atoms with van der Waals surface area (Å²) >= 11 is 0. The van der Waals surface area contributed by atoms with Crippen molar-refractivity contribution in [3.05, 3.63) is 70.8 Å². The molecule has 0 atom stereocenters. The molecule has 2 aromatic rings. The zero-order chi connectivity index (χ0) is 18.6. The Bertz CT molecular complexity index is 824. The molecule has 4 nitrogen and oxygen atoms in total. The Kier molecular flexibility index (Phi) is 5.26. The largest absolute Gasteiger partial charge is 0.478 e. The second kappa shape index (κ2) is 7.21. The quantitative estimate of drug-likeness (QED) is 0.802. The van der Waals surface area contributed by atoms with Gasteiger partial charge in [0.1, 0.15) is 0 Å². The van der Waals surface area contributed by atoms with Gasteiger partial charge in [0.05, 0.1) is 16.8 Å². The van der Waals surface area contributed by atoms with Crippen LogP contribution >= 0.6 is 0 Å². The zero-order valence-electron chi connectivity index (χ0n) is 13.1. The van der Waals surface area contributed by atoms with Gasteiger partial charge >= 0.3 is 12.1 Å². The van der Waals surface area contributed by atoms with Crippen LogP contribution in [0.2, 0.25) is 0 Å². The molecular formula is C18H14F3NO3. The van der Waals surface area contributed by atoms with Crippen LogP contribution in [-0.2, 0) is 11.0 Å². The number of benzene rings is 2. The summed E-state index contributed by atoms with van der Waals surface area (Å²) in [4.78, 5) is 23.3. The van der Waals surface area contributed by atoms with Crippen LogP contribution in [0.3, 0.4) is 0 Å².